The highest BCUT2D eigenvalue weighted by Crippen LogP contribution is 2.31. The summed E-state index contributed by atoms with van der Waals surface area (Å²) in [6.07, 6.45) is 0.369. The normalized spacial score (nSPS) is 19.5. The number of rotatable bonds is 4. The fourth-order valence-corrected chi connectivity index (χ4v) is 3.33. The predicted molar refractivity (Wildman–Crippen MR) is 106 cm³/mol. The third-order valence-electron chi connectivity index (χ3n) is 5.11. The van der Waals surface area contributed by atoms with Crippen molar-refractivity contribution in [3.05, 3.63) is 71.3 Å². The molecule has 0 aromatic heterocycles. The minimum absolute atomic E-state index is 0.0315. The summed E-state index contributed by atoms with van der Waals surface area (Å²) in [5.74, 6) is -1.00. The van der Waals surface area contributed by atoms with Crippen molar-refractivity contribution >= 4 is 17.8 Å². The van der Waals surface area contributed by atoms with Crippen molar-refractivity contribution in [3.63, 3.8) is 0 Å². The number of urea groups is 1. The van der Waals surface area contributed by atoms with E-state index in [-0.39, 0.29) is 5.41 Å². The first-order chi connectivity index (χ1) is 13.2. The van der Waals surface area contributed by atoms with Crippen LogP contribution >= 0.6 is 0 Å². The lowest BCUT2D eigenvalue weighted by Gasteiger charge is -2.25. The quantitative estimate of drug-likeness (QED) is 0.798. The van der Waals surface area contributed by atoms with E-state index in [0.717, 1.165) is 10.6 Å². The Hall–Kier alpha value is -3.15. The van der Waals surface area contributed by atoms with Crippen molar-refractivity contribution in [1.29, 1.82) is 0 Å². The van der Waals surface area contributed by atoms with Crippen LogP contribution in [0.5, 0.6) is 0 Å². The van der Waals surface area contributed by atoms with Crippen LogP contribution in [0.1, 0.15) is 55.6 Å². The maximum atomic E-state index is 13.0. The molecule has 1 aliphatic heterocycles. The van der Waals surface area contributed by atoms with Crippen LogP contribution in [0.4, 0.5) is 4.79 Å². The van der Waals surface area contributed by atoms with Crippen LogP contribution in [0.25, 0.3) is 0 Å². The number of imide groups is 1. The third kappa shape index (κ3) is 3.38. The van der Waals surface area contributed by atoms with E-state index in [2.05, 4.69) is 31.5 Å². The Balaban J connectivity index is 1.82. The van der Waals surface area contributed by atoms with Crippen LogP contribution in [-0.4, -0.2) is 22.9 Å². The standard InChI is InChI=1S/C22H25N3O3/c1-5-22(17-9-7-6-8-10-17)19(27)25(20(28)23-22)24-18(26)15-11-13-16(14-12-15)21(2,3)4/h6-14H,5H2,1-4H3,(H,23,28)(H,24,26)/t22-/m0/s1. The molecule has 1 heterocycles. The Labute approximate surface area is 164 Å². The van der Waals surface area contributed by atoms with Crippen LogP contribution in [0.15, 0.2) is 54.6 Å². The maximum absolute atomic E-state index is 13.0. The van der Waals surface area contributed by atoms with Gasteiger partial charge in [-0.25, -0.2) is 4.79 Å². The Bertz CT molecular complexity index is 901. The van der Waals surface area contributed by atoms with E-state index in [1.807, 2.05) is 37.3 Å². The molecule has 1 atom stereocenters. The number of hydrogen-bond donors (Lipinski definition) is 2. The summed E-state index contributed by atoms with van der Waals surface area (Å²) in [5.41, 5.74) is 3.38. The smallest absolute Gasteiger partial charge is 0.318 e. The van der Waals surface area contributed by atoms with Gasteiger partial charge in [-0.15, -0.1) is 0 Å². The minimum atomic E-state index is -1.18. The van der Waals surface area contributed by atoms with Gasteiger partial charge in [0, 0.05) is 5.56 Å². The number of nitrogens with one attached hydrogen (secondary N) is 2. The van der Waals surface area contributed by atoms with Gasteiger partial charge in [-0.05, 0) is 35.1 Å². The molecule has 6 heteroatoms. The van der Waals surface area contributed by atoms with Gasteiger partial charge in [0.25, 0.3) is 11.8 Å². The molecule has 3 rings (SSSR count). The molecule has 0 aliphatic carbocycles. The minimum Gasteiger partial charge on any atom is -0.318 e. The van der Waals surface area contributed by atoms with Gasteiger partial charge in [-0.2, -0.15) is 5.01 Å². The van der Waals surface area contributed by atoms with Crippen LogP contribution in [0.3, 0.4) is 0 Å². The predicted octanol–water partition coefficient (Wildman–Crippen LogP) is 3.49. The van der Waals surface area contributed by atoms with Gasteiger partial charge in [0.2, 0.25) is 0 Å². The third-order valence-corrected chi connectivity index (χ3v) is 5.11. The van der Waals surface area contributed by atoms with Crippen LogP contribution < -0.4 is 10.7 Å². The molecule has 2 aromatic rings. The lowest BCUT2D eigenvalue weighted by molar-refractivity contribution is -0.133. The zero-order chi connectivity index (χ0) is 20.5. The van der Waals surface area contributed by atoms with Crippen molar-refractivity contribution in [2.24, 2.45) is 0 Å². The summed E-state index contributed by atoms with van der Waals surface area (Å²) in [7, 11) is 0. The van der Waals surface area contributed by atoms with Crippen molar-refractivity contribution in [2.45, 2.75) is 45.1 Å². The monoisotopic (exact) mass is 379 g/mol. The van der Waals surface area contributed by atoms with Gasteiger partial charge in [-0.3, -0.25) is 15.0 Å². The molecule has 1 aliphatic rings. The first-order valence-corrected chi connectivity index (χ1v) is 9.33. The van der Waals surface area contributed by atoms with Gasteiger partial charge < -0.3 is 5.32 Å². The number of benzene rings is 2. The Kier molecular flexibility index (Phi) is 4.98. The second-order valence-corrected chi connectivity index (χ2v) is 7.96. The van der Waals surface area contributed by atoms with Gasteiger partial charge in [0.05, 0.1) is 0 Å². The fraction of sp³-hybridized carbons (Fsp3) is 0.318. The molecule has 4 amide bonds. The molecular formula is C22H25N3O3. The van der Waals surface area contributed by atoms with E-state index >= 15 is 0 Å². The first kappa shape index (κ1) is 19.6. The second-order valence-electron chi connectivity index (χ2n) is 7.96. The van der Waals surface area contributed by atoms with E-state index < -0.39 is 23.4 Å². The fourth-order valence-electron chi connectivity index (χ4n) is 3.33. The molecular weight excluding hydrogens is 354 g/mol. The van der Waals surface area contributed by atoms with Crippen molar-refractivity contribution in [1.82, 2.24) is 15.8 Å². The SMILES string of the molecule is CC[C@@]1(c2ccccc2)NC(=O)N(NC(=O)c2ccc(C(C)(C)C)cc2)C1=O. The average molecular weight is 379 g/mol. The van der Waals surface area contributed by atoms with Gasteiger partial charge >= 0.3 is 6.03 Å². The first-order valence-electron chi connectivity index (χ1n) is 9.33. The molecule has 0 spiro atoms. The Morgan fingerprint density at radius 2 is 1.64 bits per heavy atom. The molecule has 0 saturated carbocycles. The number of amides is 4. The average Bonchev–Trinajstić information content (AvgIpc) is 2.93. The van der Waals surface area contributed by atoms with E-state index in [0.29, 0.717) is 17.5 Å². The van der Waals surface area contributed by atoms with Gasteiger partial charge in [0.15, 0.2) is 0 Å². The molecule has 0 bridgehead atoms. The lowest BCUT2D eigenvalue weighted by Crippen LogP contribution is -2.48. The molecule has 2 N–H and O–H groups in total. The maximum Gasteiger partial charge on any atom is 0.344 e. The summed E-state index contributed by atoms with van der Waals surface area (Å²) >= 11 is 0. The lowest BCUT2D eigenvalue weighted by atomic mass is 9.86. The number of carbonyl (C=O) groups is 3. The molecule has 28 heavy (non-hydrogen) atoms. The van der Waals surface area contributed by atoms with Gasteiger partial charge in [-0.1, -0.05) is 70.2 Å². The number of nitrogens with zero attached hydrogens (tertiary/aromatic N) is 1. The molecule has 2 aromatic carbocycles. The molecule has 1 saturated heterocycles. The highest BCUT2D eigenvalue weighted by atomic mass is 16.2. The molecule has 1 fully saturated rings. The number of hydrogen-bond acceptors (Lipinski definition) is 3. The van der Waals surface area contributed by atoms with E-state index in [1.54, 1.807) is 24.3 Å². The highest BCUT2D eigenvalue weighted by molar-refractivity contribution is 6.09. The van der Waals surface area contributed by atoms with Crippen molar-refractivity contribution in [3.8, 4) is 0 Å². The second kappa shape index (κ2) is 7.11. The van der Waals surface area contributed by atoms with Crippen molar-refractivity contribution in [2.75, 3.05) is 0 Å². The molecule has 0 unspecified atom stereocenters. The van der Waals surface area contributed by atoms with Crippen LogP contribution in [0.2, 0.25) is 0 Å². The summed E-state index contributed by atoms with van der Waals surface area (Å²) in [5, 5.41) is 3.52. The zero-order valence-electron chi connectivity index (χ0n) is 16.6. The van der Waals surface area contributed by atoms with Crippen LogP contribution in [-0.2, 0) is 15.7 Å². The highest BCUT2D eigenvalue weighted by Gasteiger charge is 2.52. The van der Waals surface area contributed by atoms with Crippen LogP contribution in [0, 0.1) is 0 Å². The van der Waals surface area contributed by atoms with Crippen molar-refractivity contribution < 1.29 is 14.4 Å². The summed E-state index contributed by atoms with van der Waals surface area (Å²) in [4.78, 5) is 38.1. The van der Waals surface area contributed by atoms with E-state index in [4.69, 9.17) is 0 Å². The molecule has 146 valence electrons. The van der Waals surface area contributed by atoms with E-state index in [1.165, 1.54) is 0 Å². The number of carbonyl (C=O) groups excluding carboxylic acids is 3. The summed E-state index contributed by atoms with van der Waals surface area (Å²) in [6, 6.07) is 15.5. The molecule has 6 nitrogen and oxygen atoms in total. The number of hydrazine groups is 1. The largest absolute Gasteiger partial charge is 0.344 e. The topological polar surface area (TPSA) is 78.5 Å². The zero-order valence-corrected chi connectivity index (χ0v) is 16.6. The Morgan fingerprint density at radius 1 is 1.04 bits per heavy atom. The van der Waals surface area contributed by atoms with E-state index in [9.17, 15) is 14.4 Å². The summed E-state index contributed by atoms with van der Waals surface area (Å²) < 4.78 is 0. The molecule has 0 radical (unpaired) electrons. The summed E-state index contributed by atoms with van der Waals surface area (Å²) in [6.45, 7) is 8.08. The Morgan fingerprint density at radius 3 is 2.18 bits per heavy atom. The van der Waals surface area contributed by atoms with Gasteiger partial charge in [0.1, 0.15) is 5.54 Å².